The Morgan fingerprint density at radius 1 is 0.523 bits per heavy atom. The Morgan fingerprint density at radius 3 is 1.88 bits per heavy atom. The molecular weight excluding hydrogens is 795 g/mol. The molecule has 65 heavy (non-hydrogen) atoms. The summed E-state index contributed by atoms with van der Waals surface area (Å²) in [6.07, 6.45) is 1.93. The molecule has 0 aliphatic carbocycles. The summed E-state index contributed by atoms with van der Waals surface area (Å²) in [5.74, 6) is 2.39. The average molecular weight is 856 g/mol. The second kappa shape index (κ2) is 15.7. The number of aromatic nitrogens is 2. The summed E-state index contributed by atoms with van der Waals surface area (Å²) < 4.78 is 9.14. The van der Waals surface area contributed by atoms with Crippen molar-refractivity contribution in [2.45, 2.75) is 105 Å². The van der Waals surface area contributed by atoms with Gasteiger partial charge >= 0.3 is 0 Å². The zero-order chi connectivity index (χ0) is 46.2. The molecule has 6 nitrogen and oxygen atoms in total. The van der Waals surface area contributed by atoms with Crippen molar-refractivity contribution in [1.82, 2.24) is 9.55 Å². The van der Waals surface area contributed by atoms with Crippen molar-refractivity contribution in [3.63, 3.8) is 0 Å². The number of fused-ring (bicyclic) bond motifs is 4. The van der Waals surface area contributed by atoms with E-state index in [1.807, 2.05) is 30.5 Å². The Labute approximate surface area is 386 Å². The highest BCUT2D eigenvalue weighted by atomic mass is 16.5. The van der Waals surface area contributed by atoms with Crippen LogP contribution in [0.3, 0.4) is 0 Å². The van der Waals surface area contributed by atoms with Crippen molar-refractivity contribution >= 4 is 50.2 Å². The maximum absolute atomic E-state index is 7.80. The van der Waals surface area contributed by atoms with Crippen LogP contribution < -0.4 is 14.5 Å². The Kier molecular flexibility index (Phi) is 10.5. The van der Waals surface area contributed by atoms with E-state index in [0.717, 1.165) is 67.6 Å². The van der Waals surface area contributed by atoms with Crippen LogP contribution in [0.5, 0.6) is 11.5 Å². The summed E-state index contributed by atoms with van der Waals surface area (Å²) in [4.78, 5) is 13.6. The molecule has 0 unspecified atom stereocenters. The number of ether oxygens (including phenoxy) is 1. The molecule has 0 atom stereocenters. The van der Waals surface area contributed by atoms with Crippen LogP contribution in [0.25, 0.3) is 43.6 Å². The summed E-state index contributed by atoms with van der Waals surface area (Å²) in [5, 5.41) is 2.36. The van der Waals surface area contributed by atoms with E-state index in [1.54, 1.807) is 0 Å². The smallest absolute Gasteiger partial charge is 0.187 e. The summed E-state index contributed by atoms with van der Waals surface area (Å²) in [7, 11) is 0. The van der Waals surface area contributed by atoms with Crippen molar-refractivity contribution in [2.24, 2.45) is 0 Å². The lowest BCUT2D eigenvalue weighted by Crippen LogP contribution is -2.25. The number of para-hydroxylation sites is 1. The van der Waals surface area contributed by atoms with E-state index in [2.05, 4.69) is 211 Å². The molecule has 3 heterocycles. The van der Waals surface area contributed by atoms with Gasteiger partial charge in [-0.3, -0.25) is 4.57 Å². The van der Waals surface area contributed by atoms with E-state index in [0.29, 0.717) is 12.4 Å². The van der Waals surface area contributed by atoms with Crippen molar-refractivity contribution in [2.75, 3.05) is 16.5 Å². The first kappa shape index (κ1) is 43.4. The second-order valence-electron chi connectivity index (χ2n) is 21.8. The summed E-state index contributed by atoms with van der Waals surface area (Å²) in [6.45, 7) is 35.7. The quantitative estimate of drug-likeness (QED) is 0.156. The third kappa shape index (κ3) is 8.25. The van der Waals surface area contributed by atoms with Gasteiger partial charge in [0.05, 0.1) is 29.0 Å². The third-order valence-corrected chi connectivity index (χ3v) is 12.9. The fourth-order valence-electron chi connectivity index (χ4n) is 9.00. The lowest BCUT2D eigenvalue weighted by Gasteiger charge is -2.30. The Morgan fingerprint density at radius 2 is 1.18 bits per heavy atom. The number of pyridine rings is 1. The number of hydrogen-bond acceptors (Lipinski definition) is 4. The van der Waals surface area contributed by atoms with E-state index in [-0.39, 0.29) is 21.7 Å². The molecule has 1 aliphatic rings. The van der Waals surface area contributed by atoms with Gasteiger partial charge in [0, 0.05) is 46.0 Å². The Bertz CT molecular complexity index is 3140. The van der Waals surface area contributed by atoms with Gasteiger partial charge in [0.2, 0.25) is 0 Å². The van der Waals surface area contributed by atoms with Crippen molar-refractivity contribution < 1.29 is 4.74 Å². The van der Waals surface area contributed by atoms with Gasteiger partial charge in [-0.2, -0.15) is 0 Å². The molecule has 6 heteroatoms. The standard InChI is InChI=1S/C59H61N5O/c1-56(2,3)39-23-26-51-50(33-39)49-25-24-47(36-53(49)64(51)54-34-40(27-28-61-54)57(4,5)6)65-46-20-15-19-44(35-46)62-37-63(45-31-41(58(7,8)9)30-42(32-45)59(10,11)12)55-48(21-16-22-52(55)62)38-17-14-18-43(29-38)60-13/h14-36H,37H2,1-12H3. The van der Waals surface area contributed by atoms with E-state index in [1.165, 1.54) is 27.6 Å². The van der Waals surface area contributed by atoms with E-state index in [4.69, 9.17) is 16.3 Å². The molecule has 1 aliphatic heterocycles. The van der Waals surface area contributed by atoms with Crippen LogP contribution in [0.4, 0.5) is 28.4 Å². The van der Waals surface area contributed by atoms with Crippen molar-refractivity contribution in [1.29, 1.82) is 0 Å². The lowest BCUT2D eigenvalue weighted by atomic mass is 9.80. The van der Waals surface area contributed by atoms with Crippen LogP contribution in [0.2, 0.25) is 0 Å². The minimum absolute atomic E-state index is 0.00482. The van der Waals surface area contributed by atoms with Gasteiger partial charge in [0.1, 0.15) is 24.0 Å². The van der Waals surface area contributed by atoms with E-state index < -0.39 is 0 Å². The van der Waals surface area contributed by atoms with Gasteiger partial charge in [-0.15, -0.1) is 0 Å². The van der Waals surface area contributed by atoms with Crippen molar-refractivity contribution in [3.05, 3.63) is 173 Å². The van der Waals surface area contributed by atoms with Gasteiger partial charge < -0.3 is 14.5 Å². The number of anilines is 4. The topological polar surface area (TPSA) is 37.9 Å². The first-order chi connectivity index (χ1) is 30.7. The number of hydrogen-bond donors (Lipinski definition) is 0. The molecule has 6 aromatic carbocycles. The largest absolute Gasteiger partial charge is 0.457 e. The molecular formula is C59H61N5O. The number of benzene rings is 6. The highest BCUT2D eigenvalue weighted by Crippen LogP contribution is 2.51. The molecule has 0 saturated heterocycles. The monoisotopic (exact) mass is 855 g/mol. The highest BCUT2D eigenvalue weighted by molar-refractivity contribution is 6.10. The molecule has 0 radical (unpaired) electrons. The Balaban J connectivity index is 1.15. The first-order valence-electron chi connectivity index (χ1n) is 22.8. The molecule has 0 N–H and O–H groups in total. The third-order valence-electron chi connectivity index (χ3n) is 12.9. The fraction of sp³-hybridized carbons (Fsp3) is 0.288. The van der Waals surface area contributed by atoms with Gasteiger partial charge in [0.25, 0.3) is 0 Å². The summed E-state index contributed by atoms with van der Waals surface area (Å²) >= 11 is 0. The van der Waals surface area contributed by atoms with E-state index >= 15 is 0 Å². The fourth-order valence-corrected chi connectivity index (χ4v) is 9.00. The minimum Gasteiger partial charge on any atom is -0.457 e. The summed E-state index contributed by atoms with van der Waals surface area (Å²) in [5.41, 5.74) is 14.3. The van der Waals surface area contributed by atoms with Gasteiger partial charge in [-0.25, -0.2) is 9.83 Å². The predicted molar refractivity (Wildman–Crippen MR) is 274 cm³/mol. The van der Waals surface area contributed by atoms with Crippen LogP contribution in [0.15, 0.2) is 140 Å². The van der Waals surface area contributed by atoms with Crippen LogP contribution in [-0.2, 0) is 21.7 Å². The summed E-state index contributed by atoms with van der Waals surface area (Å²) in [6, 6.07) is 47.7. The van der Waals surface area contributed by atoms with Gasteiger partial charge in [-0.1, -0.05) is 132 Å². The van der Waals surface area contributed by atoms with E-state index in [9.17, 15) is 0 Å². The molecule has 9 rings (SSSR count). The predicted octanol–water partition coefficient (Wildman–Crippen LogP) is 16.6. The molecule has 2 aromatic heterocycles. The SMILES string of the molecule is [C-]#[N+]c1cccc(-c2cccc3c2N(c2cc(C(C)(C)C)cc(C(C)(C)C)c2)CN3c2cccc(Oc3ccc4c5cc(C(C)(C)C)ccc5n(-c5cc(C(C)(C)C)ccn5)c4c3)c2)c1. The highest BCUT2D eigenvalue weighted by Gasteiger charge is 2.33. The lowest BCUT2D eigenvalue weighted by molar-refractivity contribution is 0.483. The zero-order valence-corrected chi connectivity index (χ0v) is 40.1. The van der Waals surface area contributed by atoms with Gasteiger partial charge in [0.15, 0.2) is 5.69 Å². The number of rotatable bonds is 6. The maximum Gasteiger partial charge on any atom is 0.187 e. The average Bonchev–Trinajstić information content (AvgIpc) is 3.81. The van der Waals surface area contributed by atoms with Crippen LogP contribution in [-0.4, -0.2) is 16.2 Å². The van der Waals surface area contributed by atoms with Gasteiger partial charge in [-0.05, 0) is 122 Å². The normalized spacial score (nSPS) is 13.4. The van der Waals surface area contributed by atoms with Crippen LogP contribution in [0.1, 0.15) is 105 Å². The molecule has 0 amide bonds. The zero-order valence-electron chi connectivity index (χ0n) is 40.1. The van der Waals surface area contributed by atoms with Crippen LogP contribution in [0, 0.1) is 6.57 Å². The molecule has 8 aromatic rings. The number of nitrogens with zero attached hydrogens (tertiary/aromatic N) is 5. The molecule has 0 spiro atoms. The molecule has 0 fully saturated rings. The Hall–Kier alpha value is -6.84. The second-order valence-corrected chi connectivity index (χ2v) is 21.8. The minimum atomic E-state index is -0.0485. The van der Waals surface area contributed by atoms with Crippen molar-refractivity contribution in [3.8, 4) is 28.4 Å². The first-order valence-corrected chi connectivity index (χ1v) is 22.8. The molecule has 0 bridgehead atoms. The van der Waals surface area contributed by atoms with Crippen LogP contribution >= 0.6 is 0 Å². The molecule has 0 saturated carbocycles. The molecule has 328 valence electrons. The maximum atomic E-state index is 7.80.